The number of anilines is 9. The van der Waals surface area contributed by atoms with E-state index in [4.69, 9.17) is 4.42 Å². The summed E-state index contributed by atoms with van der Waals surface area (Å²) < 4.78 is 6.32. The van der Waals surface area contributed by atoms with Crippen LogP contribution in [0.5, 0.6) is 0 Å². The lowest BCUT2D eigenvalue weighted by molar-refractivity contribution is 0.669. The molecular formula is C56H39N3O. The van der Waals surface area contributed by atoms with Crippen molar-refractivity contribution in [3.8, 4) is 0 Å². The molecule has 0 radical (unpaired) electrons. The summed E-state index contributed by atoms with van der Waals surface area (Å²) in [5.41, 5.74) is 11.4. The first-order valence-electron chi connectivity index (χ1n) is 20.3. The summed E-state index contributed by atoms with van der Waals surface area (Å²) in [6.07, 6.45) is 0. The molecule has 4 heteroatoms. The Bertz CT molecular complexity index is 3070. The zero-order chi connectivity index (χ0) is 39.8. The summed E-state index contributed by atoms with van der Waals surface area (Å²) >= 11 is 0. The van der Waals surface area contributed by atoms with Crippen LogP contribution in [0.3, 0.4) is 0 Å². The smallest absolute Gasteiger partial charge is 0.136 e. The fraction of sp³-hybridized carbons (Fsp3) is 0. The van der Waals surface area contributed by atoms with Crippen LogP contribution in [0.1, 0.15) is 0 Å². The normalized spacial score (nSPS) is 11.3. The number of nitrogens with zero attached hydrogens (tertiary/aromatic N) is 3. The topological polar surface area (TPSA) is 22.9 Å². The SMILES string of the molecule is c1ccc(N(c2ccccc2)c2cccc(N(c3cccc(N(c4ccccc4)c4ccccc4)c3)c3ccc4ccc5cc6oc7ccccc7c6cc5c4c3)c2)cc1. The van der Waals surface area contributed by atoms with E-state index in [0.717, 1.165) is 78.5 Å². The van der Waals surface area contributed by atoms with Crippen LogP contribution in [0.25, 0.3) is 43.5 Å². The molecule has 0 unspecified atom stereocenters. The second-order valence-electron chi connectivity index (χ2n) is 15.0. The number of benzene rings is 10. The number of furan rings is 1. The summed E-state index contributed by atoms with van der Waals surface area (Å²) in [6.45, 7) is 0. The van der Waals surface area contributed by atoms with Crippen LogP contribution in [0, 0.1) is 0 Å². The molecule has 284 valence electrons. The van der Waals surface area contributed by atoms with E-state index in [1.807, 2.05) is 12.1 Å². The molecule has 10 aromatic carbocycles. The molecular weight excluding hydrogens is 731 g/mol. The fourth-order valence-electron chi connectivity index (χ4n) is 8.59. The molecule has 0 saturated carbocycles. The lowest BCUT2D eigenvalue weighted by Gasteiger charge is -2.31. The average Bonchev–Trinajstić information content (AvgIpc) is 3.68. The zero-order valence-corrected chi connectivity index (χ0v) is 32.8. The number of hydrogen-bond donors (Lipinski definition) is 0. The maximum absolute atomic E-state index is 6.32. The van der Waals surface area contributed by atoms with Crippen LogP contribution >= 0.6 is 0 Å². The maximum Gasteiger partial charge on any atom is 0.136 e. The Balaban J connectivity index is 1.13. The summed E-state index contributed by atoms with van der Waals surface area (Å²) in [5.74, 6) is 0. The van der Waals surface area contributed by atoms with E-state index in [0.29, 0.717) is 0 Å². The Morgan fingerprint density at radius 3 is 1.12 bits per heavy atom. The van der Waals surface area contributed by atoms with E-state index in [2.05, 4.69) is 239 Å². The highest BCUT2D eigenvalue weighted by Crippen LogP contribution is 2.44. The highest BCUT2D eigenvalue weighted by molar-refractivity contribution is 6.17. The van der Waals surface area contributed by atoms with Crippen LogP contribution in [0.4, 0.5) is 51.2 Å². The highest BCUT2D eigenvalue weighted by atomic mass is 16.3. The fourth-order valence-corrected chi connectivity index (χ4v) is 8.59. The third-order valence-electron chi connectivity index (χ3n) is 11.3. The monoisotopic (exact) mass is 769 g/mol. The molecule has 0 aliphatic rings. The largest absolute Gasteiger partial charge is 0.456 e. The summed E-state index contributed by atoms with van der Waals surface area (Å²) in [5, 5.41) is 6.94. The highest BCUT2D eigenvalue weighted by Gasteiger charge is 2.20. The quantitative estimate of drug-likeness (QED) is 0.136. The number of para-hydroxylation sites is 5. The lowest BCUT2D eigenvalue weighted by Crippen LogP contribution is -2.14. The van der Waals surface area contributed by atoms with Gasteiger partial charge in [-0.2, -0.15) is 0 Å². The van der Waals surface area contributed by atoms with Crippen LogP contribution in [-0.2, 0) is 0 Å². The predicted molar refractivity (Wildman–Crippen MR) is 253 cm³/mol. The first-order valence-corrected chi connectivity index (χ1v) is 20.3. The molecule has 0 N–H and O–H groups in total. The maximum atomic E-state index is 6.32. The Labute approximate surface area is 349 Å². The molecule has 0 bridgehead atoms. The van der Waals surface area contributed by atoms with E-state index in [1.54, 1.807) is 0 Å². The van der Waals surface area contributed by atoms with Gasteiger partial charge >= 0.3 is 0 Å². The van der Waals surface area contributed by atoms with E-state index in [-0.39, 0.29) is 0 Å². The third kappa shape index (κ3) is 6.37. The molecule has 11 rings (SSSR count). The van der Waals surface area contributed by atoms with Gasteiger partial charge in [0.1, 0.15) is 11.2 Å². The van der Waals surface area contributed by atoms with Gasteiger partial charge in [-0.3, -0.25) is 0 Å². The van der Waals surface area contributed by atoms with E-state index < -0.39 is 0 Å². The van der Waals surface area contributed by atoms with Gasteiger partial charge in [-0.05, 0) is 137 Å². The summed E-state index contributed by atoms with van der Waals surface area (Å²) in [4.78, 5) is 7.03. The Kier molecular flexibility index (Phi) is 8.79. The van der Waals surface area contributed by atoms with Gasteiger partial charge < -0.3 is 19.1 Å². The molecule has 0 saturated heterocycles. The Hall–Kier alpha value is -8.08. The third-order valence-corrected chi connectivity index (χ3v) is 11.3. The molecule has 1 aromatic heterocycles. The molecule has 4 nitrogen and oxygen atoms in total. The first kappa shape index (κ1) is 35.1. The summed E-state index contributed by atoms with van der Waals surface area (Å²) in [7, 11) is 0. The molecule has 60 heavy (non-hydrogen) atoms. The van der Waals surface area contributed by atoms with Crippen LogP contribution in [0.15, 0.2) is 241 Å². The van der Waals surface area contributed by atoms with Gasteiger partial charge in [-0.1, -0.05) is 121 Å². The standard InChI is InChI=1S/C56H39N3O/c1-5-17-42(18-6-1)57(43-19-7-2-8-20-43)46-25-15-27-48(36-46)59(49-28-16-26-47(37-49)58(44-21-9-3-10-22-44)45-23-11-4-12-24-45)50-34-33-40-31-32-41-35-56-54(39-53(41)52(40)38-50)51-29-13-14-30-55(51)60-56/h1-39H. The van der Waals surface area contributed by atoms with Crippen molar-refractivity contribution in [3.63, 3.8) is 0 Å². The van der Waals surface area contributed by atoms with Crippen molar-refractivity contribution < 1.29 is 4.42 Å². The van der Waals surface area contributed by atoms with Gasteiger partial charge in [0.05, 0.1) is 0 Å². The molecule has 0 spiro atoms. The minimum absolute atomic E-state index is 0.900. The van der Waals surface area contributed by atoms with Crippen LogP contribution in [-0.4, -0.2) is 0 Å². The van der Waals surface area contributed by atoms with E-state index in [9.17, 15) is 0 Å². The van der Waals surface area contributed by atoms with Crippen LogP contribution < -0.4 is 14.7 Å². The van der Waals surface area contributed by atoms with Crippen molar-refractivity contribution in [1.82, 2.24) is 0 Å². The van der Waals surface area contributed by atoms with Gasteiger partial charge in [0.25, 0.3) is 0 Å². The minimum atomic E-state index is 0.900. The number of fused-ring (bicyclic) bond motifs is 6. The Morgan fingerprint density at radius 2 is 0.600 bits per heavy atom. The van der Waals surface area contributed by atoms with Crippen molar-refractivity contribution >= 4 is 94.7 Å². The van der Waals surface area contributed by atoms with Gasteiger partial charge in [0, 0.05) is 62.0 Å². The van der Waals surface area contributed by atoms with Crippen molar-refractivity contribution in [2.24, 2.45) is 0 Å². The van der Waals surface area contributed by atoms with Crippen molar-refractivity contribution in [1.29, 1.82) is 0 Å². The lowest BCUT2D eigenvalue weighted by atomic mass is 9.99. The van der Waals surface area contributed by atoms with Crippen molar-refractivity contribution in [3.05, 3.63) is 237 Å². The molecule has 0 fully saturated rings. The first-order chi connectivity index (χ1) is 29.7. The van der Waals surface area contributed by atoms with Crippen LogP contribution in [0.2, 0.25) is 0 Å². The predicted octanol–water partition coefficient (Wildman–Crippen LogP) is 16.3. The van der Waals surface area contributed by atoms with Crippen molar-refractivity contribution in [2.75, 3.05) is 14.7 Å². The second-order valence-corrected chi connectivity index (χ2v) is 15.0. The van der Waals surface area contributed by atoms with E-state index in [1.165, 1.54) is 16.2 Å². The second kappa shape index (κ2) is 15.0. The van der Waals surface area contributed by atoms with Gasteiger partial charge in [-0.25, -0.2) is 0 Å². The molecule has 0 amide bonds. The van der Waals surface area contributed by atoms with Gasteiger partial charge in [0.15, 0.2) is 0 Å². The molecule has 0 aliphatic carbocycles. The number of hydrogen-bond acceptors (Lipinski definition) is 4. The molecule has 0 aliphatic heterocycles. The summed E-state index contributed by atoms with van der Waals surface area (Å²) in [6, 6.07) is 84.1. The Morgan fingerprint density at radius 1 is 0.217 bits per heavy atom. The molecule has 11 aromatic rings. The number of rotatable bonds is 9. The molecule has 1 heterocycles. The minimum Gasteiger partial charge on any atom is -0.456 e. The van der Waals surface area contributed by atoms with Crippen molar-refractivity contribution in [2.45, 2.75) is 0 Å². The van der Waals surface area contributed by atoms with Gasteiger partial charge in [-0.15, -0.1) is 0 Å². The molecule has 0 atom stereocenters. The van der Waals surface area contributed by atoms with E-state index >= 15 is 0 Å². The average molecular weight is 770 g/mol. The zero-order valence-electron chi connectivity index (χ0n) is 32.8. The van der Waals surface area contributed by atoms with Gasteiger partial charge in [0.2, 0.25) is 0 Å².